The predicted octanol–water partition coefficient (Wildman–Crippen LogP) is 5.41. The molecule has 4 nitrogen and oxygen atoms in total. The number of anilines is 1. The van der Waals surface area contributed by atoms with Gasteiger partial charge < -0.3 is 10.2 Å². The number of alkyl halides is 3. The molecule has 1 amide bonds. The average molecular weight is 440 g/mol. The first kappa shape index (κ1) is 22.4. The van der Waals surface area contributed by atoms with E-state index in [1.807, 2.05) is 4.90 Å². The van der Waals surface area contributed by atoms with E-state index in [0.29, 0.717) is 41.0 Å². The number of pyridine rings is 1. The zero-order chi connectivity index (χ0) is 21.9. The van der Waals surface area contributed by atoms with Crippen LogP contribution in [0.2, 0.25) is 5.02 Å². The minimum Gasteiger partial charge on any atom is -0.356 e. The first-order valence-electron chi connectivity index (χ1n) is 10.0. The highest BCUT2D eigenvalue weighted by Gasteiger charge is 2.34. The lowest BCUT2D eigenvalue weighted by atomic mass is 9.98. The summed E-state index contributed by atoms with van der Waals surface area (Å²) in [6, 6.07) is 9.47. The van der Waals surface area contributed by atoms with E-state index in [0.717, 1.165) is 18.9 Å². The van der Waals surface area contributed by atoms with Gasteiger partial charge >= 0.3 is 6.18 Å². The maximum atomic E-state index is 13.2. The molecule has 1 fully saturated rings. The zero-order valence-corrected chi connectivity index (χ0v) is 17.7. The maximum Gasteiger partial charge on any atom is 0.433 e. The fourth-order valence-corrected chi connectivity index (χ4v) is 3.87. The van der Waals surface area contributed by atoms with Gasteiger partial charge in [0.05, 0.1) is 5.92 Å². The van der Waals surface area contributed by atoms with Crippen LogP contribution in [-0.4, -0.2) is 24.0 Å². The van der Waals surface area contributed by atoms with Crippen LogP contribution in [0.4, 0.5) is 19.0 Å². The number of carbonyl (C=O) groups is 1. The largest absolute Gasteiger partial charge is 0.433 e. The van der Waals surface area contributed by atoms with Crippen molar-refractivity contribution < 1.29 is 18.0 Å². The van der Waals surface area contributed by atoms with E-state index in [1.165, 1.54) is 6.07 Å². The summed E-state index contributed by atoms with van der Waals surface area (Å²) < 4.78 is 39.6. The molecule has 3 rings (SSSR count). The van der Waals surface area contributed by atoms with Gasteiger partial charge in [-0.25, -0.2) is 4.98 Å². The van der Waals surface area contributed by atoms with Gasteiger partial charge in [-0.15, -0.1) is 0 Å². The van der Waals surface area contributed by atoms with Crippen molar-refractivity contribution in [1.29, 1.82) is 0 Å². The molecule has 1 aliphatic rings. The van der Waals surface area contributed by atoms with Crippen molar-refractivity contribution in [2.24, 2.45) is 5.92 Å². The van der Waals surface area contributed by atoms with Gasteiger partial charge in [0, 0.05) is 30.2 Å². The Morgan fingerprint density at radius 1 is 1.23 bits per heavy atom. The van der Waals surface area contributed by atoms with Crippen molar-refractivity contribution in [1.82, 2.24) is 10.3 Å². The molecule has 1 saturated heterocycles. The van der Waals surface area contributed by atoms with Crippen molar-refractivity contribution >= 4 is 23.3 Å². The lowest BCUT2D eigenvalue weighted by Crippen LogP contribution is -2.35. The number of aromatic nitrogens is 1. The summed E-state index contributed by atoms with van der Waals surface area (Å²) in [5.41, 5.74) is 0.348. The summed E-state index contributed by atoms with van der Waals surface area (Å²) in [6.45, 7) is 5.27. The second-order valence-electron chi connectivity index (χ2n) is 7.81. The van der Waals surface area contributed by atoms with E-state index in [4.69, 9.17) is 11.6 Å². The highest BCUT2D eigenvalue weighted by Crippen LogP contribution is 2.32. The van der Waals surface area contributed by atoms with Crippen LogP contribution in [-0.2, 0) is 17.5 Å². The molecular weight excluding hydrogens is 415 g/mol. The van der Waals surface area contributed by atoms with Crippen LogP contribution in [0.15, 0.2) is 36.4 Å². The van der Waals surface area contributed by atoms with Crippen molar-refractivity contribution in [3.8, 4) is 0 Å². The molecule has 1 aromatic heterocycles. The van der Waals surface area contributed by atoms with E-state index in [1.54, 1.807) is 31.2 Å². The maximum absolute atomic E-state index is 13.2. The van der Waals surface area contributed by atoms with Gasteiger partial charge in [-0.05, 0) is 43.4 Å². The van der Waals surface area contributed by atoms with Gasteiger partial charge in [0.15, 0.2) is 0 Å². The Bertz CT molecular complexity index is 895. The Kier molecular flexibility index (Phi) is 6.91. The molecule has 2 heterocycles. The quantitative estimate of drug-likeness (QED) is 0.677. The second kappa shape index (κ2) is 9.25. The molecule has 1 unspecified atom stereocenters. The van der Waals surface area contributed by atoms with Gasteiger partial charge in [0.2, 0.25) is 5.91 Å². The van der Waals surface area contributed by atoms with Gasteiger partial charge in [-0.2, -0.15) is 13.2 Å². The third-order valence-corrected chi connectivity index (χ3v) is 5.89. The number of rotatable bonds is 5. The number of piperidine rings is 1. The minimum atomic E-state index is -4.52. The number of hydrogen-bond acceptors (Lipinski definition) is 3. The van der Waals surface area contributed by atoms with Crippen LogP contribution >= 0.6 is 11.6 Å². The van der Waals surface area contributed by atoms with Crippen LogP contribution in [0, 0.1) is 5.92 Å². The van der Waals surface area contributed by atoms with E-state index < -0.39 is 17.8 Å². The molecule has 1 N–H and O–H groups in total. The van der Waals surface area contributed by atoms with E-state index in [9.17, 15) is 18.0 Å². The van der Waals surface area contributed by atoms with Crippen LogP contribution in [0.1, 0.15) is 49.4 Å². The Morgan fingerprint density at radius 2 is 1.90 bits per heavy atom. The molecule has 30 heavy (non-hydrogen) atoms. The van der Waals surface area contributed by atoms with E-state index in [2.05, 4.69) is 17.2 Å². The Labute approximate surface area is 179 Å². The van der Waals surface area contributed by atoms with Crippen molar-refractivity contribution in [3.63, 3.8) is 0 Å². The average Bonchev–Trinajstić information content (AvgIpc) is 2.71. The number of nitrogens with one attached hydrogen (secondary N) is 1. The molecule has 1 aliphatic heterocycles. The topological polar surface area (TPSA) is 45.2 Å². The third-order valence-electron chi connectivity index (χ3n) is 5.55. The van der Waals surface area contributed by atoms with Crippen LogP contribution in [0.25, 0.3) is 0 Å². The predicted molar refractivity (Wildman–Crippen MR) is 112 cm³/mol. The molecule has 0 radical (unpaired) electrons. The molecule has 0 spiro atoms. The number of benzene rings is 1. The summed E-state index contributed by atoms with van der Waals surface area (Å²) in [5, 5.41) is 3.32. The highest BCUT2D eigenvalue weighted by molar-refractivity contribution is 6.31. The molecule has 0 bridgehead atoms. The number of carbonyl (C=O) groups excluding carboxylic acids is 1. The van der Waals surface area contributed by atoms with E-state index in [-0.39, 0.29) is 12.5 Å². The summed E-state index contributed by atoms with van der Waals surface area (Å²) >= 11 is 6.18. The fourth-order valence-electron chi connectivity index (χ4n) is 3.57. The first-order chi connectivity index (χ1) is 14.2. The Balaban J connectivity index is 1.79. The van der Waals surface area contributed by atoms with Gasteiger partial charge in [0.25, 0.3) is 0 Å². The number of hydrogen-bond donors (Lipinski definition) is 1. The second-order valence-corrected chi connectivity index (χ2v) is 8.21. The summed E-state index contributed by atoms with van der Waals surface area (Å²) in [6.07, 6.45) is -2.72. The fraction of sp³-hybridized carbons (Fsp3) is 0.455. The Hall–Kier alpha value is -2.28. The summed E-state index contributed by atoms with van der Waals surface area (Å²) in [4.78, 5) is 18.4. The molecular formula is C22H25ClF3N3O. The Morgan fingerprint density at radius 3 is 2.53 bits per heavy atom. The summed E-state index contributed by atoms with van der Waals surface area (Å²) in [5.74, 6) is 0.0932. The molecule has 1 atom stereocenters. The first-order valence-corrected chi connectivity index (χ1v) is 10.4. The lowest BCUT2D eigenvalue weighted by Gasteiger charge is -2.33. The van der Waals surface area contributed by atoms with Crippen molar-refractivity contribution in [2.75, 3.05) is 18.0 Å². The van der Waals surface area contributed by atoms with E-state index >= 15 is 0 Å². The molecule has 8 heteroatoms. The van der Waals surface area contributed by atoms with Gasteiger partial charge in [-0.1, -0.05) is 42.8 Å². The standard InChI is InChI=1S/C22H25ClF3N3O/c1-14-9-11-29(12-10-14)20-16(7-8-19(28-20)22(24,25)26)13-27-21(30)15(2)17-5-3-4-6-18(17)23/h3-8,14-15H,9-13H2,1-2H3,(H,27,30). The normalized spacial score (nSPS) is 16.4. The number of halogens is 4. The summed E-state index contributed by atoms with van der Waals surface area (Å²) in [7, 11) is 0. The van der Waals surface area contributed by atoms with Gasteiger partial charge in [0.1, 0.15) is 11.5 Å². The third kappa shape index (κ3) is 5.25. The SMILES string of the molecule is CC1CCN(c2nc(C(F)(F)F)ccc2CNC(=O)C(C)c2ccccc2Cl)CC1. The van der Waals surface area contributed by atoms with Crippen LogP contribution < -0.4 is 10.2 Å². The molecule has 162 valence electrons. The lowest BCUT2D eigenvalue weighted by molar-refractivity contribution is -0.141. The molecule has 1 aromatic carbocycles. The van der Waals surface area contributed by atoms with Gasteiger partial charge in [-0.3, -0.25) is 4.79 Å². The zero-order valence-electron chi connectivity index (χ0n) is 17.0. The van der Waals surface area contributed by atoms with Crippen LogP contribution in [0.3, 0.4) is 0 Å². The highest BCUT2D eigenvalue weighted by atomic mass is 35.5. The molecule has 0 aliphatic carbocycles. The molecule has 0 saturated carbocycles. The van der Waals surface area contributed by atoms with Crippen LogP contribution in [0.5, 0.6) is 0 Å². The molecule has 2 aromatic rings. The number of amides is 1. The van der Waals surface area contributed by atoms with Crippen molar-refractivity contribution in [2.45, 2.75) is 45.3 Å². The number of nitrogens with zero attached hydrogens (tertiary/aromatic N) is 2. The van der Waals surface area contributed by atoms with Crippen molar-refractivity contribution in [3.05, 3.63) is 58.2 Å². The monoisotopic (exact) mass is 439 g/mol. The smallest absolute Gasteiger partial charge is 0.356 e. The minimum absolute atomic E-state index is 0.0974.